The molecule has 2 saturated carbocycles. The zero-order valence-corrected chi connectivity index (χ0v) is 15.8. The summed E-state index contributed by atoms with van der Waals surface area (Å²) >= 11 is 0. The number of nitrogens with two attached hydrogens (primary N) is 1. The van der Waals surface area contributed by atoms with Crippen molar-refractivity contribution in [3.63, 3.8) is 0 Å². The third kappa shape index (κ3) is 3.96. The van der Waals surface area contributed by atoms with Crippen molar-refractivity contribution in [2.24, 2.45) is 23.5 Å². The Kier molecular flexibility index (Phi) is 5.60. The predicted molar refractivity (Wildman–Crippen MR) is 104 cm³/mol. The van der Waals surface area contributed by atoms with Gasteiger partial charge < -0.3 is 11.1 Å². The summed E-state index contributed by atoms with van der Waals surface area (Å²) in [5, 5.41) is 3.14. The van der Waals surface area contributed by atoms with Crippen molar-refractivity contribution in [1.29, 1.82) is 0 Å². The maximum Gasteiger partial charge on any atom is 0.225 e. The molecule has 2 bridgehead atoms. The maximum absolute atomic E-state index is 12.6. The monoisotopic (exact) mass is 355 g/mol. The van der Waals surface area contributed by atoms with E-state index < -0.39 is 0 Å². The lowest BCUT2D eigenvalue weighted by Gasteiger charge is -2.27. The Balaban J connectivity index is 1.27. The first-order valence-corrected chi connectivity index (χ1v) is 10.5. The van der Waals surface area contributed by atoms with E-state index in [0.717, 1.165) is 13.0 Å². The van der Waals surface area contributed by atoms with Gasteiger partial charge in [-0.2, -0.15) is 0 Å². The zero-order chi connectivity index (χ0) is 17.9. The van der Waals surface area contributed by atoms with Crippen molar-refractivity contribution in [3.8, 4) is 0 Å². The molecule has 0 spiro atoms. The molecule has 26 heavy (non-hydrogen) atoms. The molecule has 3 fully saturated rings. The van der Waals surface area contributed by atoms with Crippen molar-refractivity contribution >= 4 is 5.91 Å². The third-order valence-corrected chi connectivity index (χ3v) is 6.88. The molecule has 3 aliphatic rings. The van der Waals surface area contributed by atoms with Gasteiger partial charge in [-0.05, 0) is 68.2 Å². The van der Waals surface area contributed by atoms with Gasteiger partial charge in [0.2, 0.25) is 5.91 Å². The van der Waals surface area contributed by atoms with Crippen LogP contribution in [0.5, 0.6) is 0 Å². The van der Waals surface area contributed by atoms with E-state index in [2.05, 4.69) is 34.5 Å². The van der Waals surface area contributed by atoms with Crippen LogP contribution in [0.25, 0.3) is 0 Å². The Morgan fingerprint density at radius 2 is 1.65 bits per heavy atom. The first-order chi connectivity index (χ1) is 12.7. The van der Waals surface area contributed by atoms with Crippen LogP contribution in [0, 0.1) is 17.8 Å². The summed E-state index contributed by atoms with van der Waals surface area (Å²) in [6.07, 6.45) is 8.97. The standard InChI is InChI=1S/C22H33N3O/c23-21-19-10-9-18(13-19)20(21)22(26)24-14-16-5-7-17(8-6-16)15-25-11-3-1-2-4-12-25/h5-8,18-21H,1-4,9-15,23H2,(H,24,26). The van der Waals surface area contributed by atoms with Gasteiger partial charge in [-0.3, -0.25) is 9.69 Å². The average molecular weight is 356 g/mol. The minimum atomic E-state index is 0.0380. The molecule has 0 radical (unpaired) electrons. The number of hydrogen-bond donors (Lipinski definition) is 2. The SMILES string of the molecule is NC1C2CCC(C2)C1C(=O)NCc1ccc(CN2CCCCCC2)cc1. The molecule has 1 amide bonds. The molecular weight excluding hydrogens is 322 g/mol. The highest BCUT2D eigenvalue weighted by atomic mass is 16.1. The Morgan fingerprint density at radius 3 is 2.31 bits per heavy atom. The number of rotatable bonds is 5. The van der Waals surface area contributed by atoms with Crippen LogP contribution in [0.4, 0.5) is 0 Å². The average Bonchev–Trinajstić information content (AvgIpc) is 3.14. The molecule has 1 aromatic rings. The first kappa shape index (κ1) is 18.0. The third-order valence-electron chi connectivity index (χ3n) is 6.88. The van der Waals surface area contributed by atoms with Crippen LogP contribution in [-0.4, -0.2) is 29.9 Å². The van der Waals surface area contributed by atoms with E-state index >= 15 is 0 Å². The zero-order valence-electron chi connectivity index (χ0n) is 15.8. The number of fused-ring (bicyclic) bond motifs is 2. The number of nitrogens with one attached hydrogen (secondary N) is 1. The lowest BCUT2D eigenvalue weighted by Crippen LogP contribution is -2.45. The van der Waals surface area contributed by atoms with Gasteiger partial charge in [-0.1, -0.05) is 37.1 Å². The van der Waals surface area contributed by atoms with Crippen LogP contribution >= 0.6 is 0 Å². The second kappa shape index (κ2) is 8.10. The molecule has 2 aliphatic carbocycles. The van der Waals surface area contributed by atoms with Crippen molar-refractivity contribution < 1.29 is 4.79 Å². The fourth-order valence-corrected chi connectivity index (χ4v) is 5.35. The second-order valence-electron chi connectivity index (χ2n) is 8.66. The smallest absolute Gasteiger partial charge is 0.225 e. The van der Waals surface area contributed by atoms with Gasteiger partial charge >= 0.3 is 0 Å². The lowest BCUT2D eigenvalue weighted by molar-refractivity contribution is -0.127. The highest BCUT2D eigenvalue weighted by Crippen LogP contribution is 2.47. The number of amides is 1. The Hall–Kier alpha value is -1.39. The van der Waals surface area contributed by atoms with E-state index in [1.807, 2.05) is 0 Å². The topological polar surface area (TPSA) is 58.4 Å². The number of nitrogens with zero attached hydrogens (tertiary/aromatic N) is 1. The summed E-state index contributed by atoms with van der Waals surface area (Å²) in [4.78, 5) is 15.2. The van der Waals surface area contributed by atoms with E-state index in [1.54, 1.807) is 0 Å². The molecule has 3 N–H and O–H groups in total. The number of carbonyl (C=O) groups is 1. The summed E-state index contributed by atoms with van der Waals surface area (Å²) in [5.41, 5.74) is 8.84. The molecule has 1 aromatic carbocycles. The molecule has 4 heteroatoms. The van der Waals surface area contributed by atoms with Crippen LogP contribution < -0.4 is 11.1 Å². The van der Waals surface area contributed by atoms with Crippen LogP contribution in [0.2, 0.25) is 0 Å². The van der Waals surface area contributed by atoms with Crippen LogP contribution in [-0.2, 0) is 17.9 Å². The minimum absolute atomic E-state index is 0.0380. The van der Waals surface area contributed by atoms with Gasteiger partial charge in [0.25, 0.3) is 0 Å². The van der Waals surface area contributed by atoms with E-state index in [4.69, 9.17) is 5.73 Å². The lowest BCUT2D eigenvalue weighted by atomic mass is 9.84. The molecule has 1 aliphatic heterocycles. The van der Waals surface area contributed by atoms with E-state index in [9.17, 15) is 4.79 Å². The Bertz CT molecular complexity index is 604. The van der Waals surface area contributed by atoms with Crippen molar-refractivity contribution in [3.05, 3.63) is 35.4 Å². The molecule has 4 atom stereocenters. The van der Waals surface area contributed by atoms with E-state index in [0.29, 0.717) is 18.4 Å². The minimum Gasteiger partial charge on any atom is -0.352 e. The quantitative estimate of drug-likeness (QED) is 0.853. The molecule has 1 saturated heterocycles. The summed E-state index contributed by atoms with van der Waals surface area (Å²) < 4.78 is 0. The first-order valence-electron chi connectivity index (χ1n) is 10.5. The van der Waals surface area contributed by atoms with Crippen molar-refractivity contribution in [2.75, 3.05) is 13.1 Å². The highest BCUT2D eigenvalue weighted by Gasteiger charge is 2.48. The van der Waals surface area contributed by atoms with E-state index in [1.165, 1.54) is 62.7 Å². The molecule has 4 unspecified atom stereocenters. The molecule has 0 aromatic heterocycles. The Labute approximate surface area is 157 Å². The van der Waals surface area contributed by atoms with Crippen LogP contribution in [0.1, 0.15) is 56.1 Å². The summed E-state index contributed by atoms with van der Waals surface area (Å²) in [6.45, 7) is 4.11. The van der Waals surface area contributed by atoms with Gasteiger partial charge in [-0.25, -0.2) is 0 Å². The second-order valence-corrected chi connectivity index (χ2v) is 8.66. The van der Waals surface area contributed by atoms with Crippen molar-refractivity contribution in [2.45, 2.75) is 64.1 Å². The molecule has 142 valence electrons. The normalized spacial score (nSPS) is 31.7. The molecule has 4 rings (SSSR count). The molecular formula is C22H33N3O. The molecule has 4 nitrogen and oxygen atoms in total. The maximum atomic E-state index is 12.6. The van der Waals surface area contributed by atoms with Gasteiger partial charge in [-0.15, -0.1) is 0 Å². The number of benzene rings is 1. The van der Waals surface area contributed by atoms with Crippen molar-refractivity contribution in [1.82, 2.24) is 10.2 Å². The number of likely N-dealkylation sites (tertiary alicyclic amines) is 1. The molecule has 1 heterocycles. The summed E-state index contributed by atoms with van der Waals surface area (Å²) in [5.74, 6) is 1.30. The summed E-state index contributed by atoms with van der Waals surface area (Å²) in [7, 11) is 0. The van der Waals surface area contributed by atoms with Gasteiger partial charge in [0.15, 0.2) is 0 Å². The van der Waals surface area contributed by atoms with Crippen LogP contribution in [0.3, 0.4) is 0 Å². The largest absolute Gasteiger partial charge is 0.352 e. The Morgan fingerprint density at radius 1 is 1.00 bits per heavy atom. The van der Waals surface area contributed by atoms with Gasteiger partial charge in [0.05, 0.1) is 5.92 Å². The number of hydrogen-bond acceptors (Lipinski definition) is 3. The van der Waals surface area contributed by atoms with Gasteiger partial charge in [0.1, 0.15) is 0 Å². The van der Waals surface area contributed by atoms with E-state index in [-0.39, 0.29) is 17.9 Å². The predicted octanol–water partition coefficient (Wildman–Crippen LogP) is 3.05. The van der Waals surface area contributed by atoms with Crippen LogP contribution in [0.15, 0.2) is 24.3 Å². The number of carbonyl (C=O) groups excluding carboxylic acids is 1. The summed E-state index contributed by atoms with van der Waals surface area (Å²) in [6, 6.07) is 8.83. The fourth-order valence-electron chi connectivity index (χ4n) is 5.35. The fraction of sp³-hybridized carbons (Fsp3) is 0.682. The highest BCUT2D eigenvalue weighted by molar-refractivity contribution is 5.80. The van der Waals surface area contributed by atoms with Gasteiger partial charge in [0, 0.05) is 19.1 Å².